The second-order valence-electron chi connectivity index (χ2n) is 11.4. The molecule has 44 heavy (non-hydrogen) atoms. The SMILES string of the molecule is COc1ccc(N(CC(=O)N(Cc2ccc(C)cc2)[C@H](C)C(=O)NC2CCCCC2)S(=O)(=O)c2ccc(C)cc2)cc1OC. The van der Waals surface area contributed by atoms with E-state index in [1.54, 1.807) is 31.2 Å². The largest absolute Gasteiger partial charge is 0.493 e. The molecule has 9 nitrogen and oxygen atoms in total. The number of carbonyl (C=O) groups excluding carboxylic acids is 2. The van der Waals surface area contributed by atoms with E-state index < -0.39 is 28.5 Å². The lowest BCUT2D eigenvalue weighted by atomic mass is 9.95. The number of hydrogen-bond donors (Lipinski definition) is 1. The van der Waals surface area contributed by atoms with Gasteiger partial charge in [-0.2, -0.15) is 0 Å². The molecule has 1 N–H and O–H groups in total. The Bertz CT molecular complexity index is 1530. The molecule has 0 saturated heterocycles. The molecule has 10 heteroatoms. The quantitative estimate of drug-likeness (QED) is 0.291. The van der Waals surface area contributed by atoms with Crippen LogP contribution in [-0.2, 0) is 26.2 Å². The summed E-state index contributed by atoms with van der Waals surface area (Å²) in [4.78, 5) is 29.2. The Morgan fingerprint density at radius 1 is 0.864 bits per heavy atom. The van der Waals surface area contributed by atoms with Crippen LogP contribution >= 0.6 is 0 Å². The number of nitrogens with zero attached hydrogens (tertiary/aromatic N) is 2. The molecule has 0 spiro atoms. The summed E-state index contributed by atoms with van der Waals surface area (Å²) in [5.41, 5.74) is 3.03. The number of benzene rings is 3. The van der Waals surface area contributed by atoms with Crippen LogP contribution in [0.25, 0.3) is 0 Å². The molecule has 1 atom stereocenters. The maximum atomic E-state index is 14.2. The number of carbonyl (C=O) groups is 2. The third-order valence-electron chi connectivity index (χ3n) is 8.14. The Hall–Kier alpha value is -4.05. The summed E-state index contributed by atoms with van der Waals surface area (Å²) in [5, 5.41) is 3.13. The highest BCUT2D eigenvalue weighted by molar-refractivity contribution is 7.92. The van der Waals surface area contributed by atoms with Crippen LogP contribution in [0.3, 0.4) is 0 Å². The molecular formula is C34H43N3O6S. The Morgan fingerprint density at radius 2 is 1.45 bits per heavy atom. The number of sulfonamides is 1. The molecule has 3 aromatic carbocycles. The average molecular weight is 622 g/mol. The van der Waals surface area contributed by atoms with Gasteiger partial charge in [-0.1, -0.05) is 66.8 Å². The average Bonchev–Trinajstić information content (AvgIpc) is 3.03. The molecule has 0 heterocycles. The molecule has 4 rings (SSSR count). The fourth-order valence-electron chi connectivity index (χ4n) is 5.39. The lowest BCUT2D eigenvalue weighted by molar-refractivity contribution is -0.139. The maximum absolute atomic E-state index is 14.2. The van der Waals surface area contributed by atoms with Crippen molar-refractivity contribution in [3.8, 4) is 11.5 Å². The number of hydrogen-bond acceptors (Lipinski definition) is 6. The lowest BCUT2D eigenvalue weighted by Crippen LogP contribution is -2.53. The summed E-state index contributed by atoms with van der Waals surface area (Å²) in [6.07, 6.45) is 5.09. The molecule has 0 aromatic heterocycles. The van der Waals surface area contributed by atoms with E-state index in [0.29, 0.717) is 11.5 Å². The number of methoxy groups -OCH3 is 2. The van der Waals surface area contributed by atoms with Crippen LogP contribution in [-0.4, -0.2) is 58.0 Å². The molecular weight excluding hydrogens is 578 g/mol. The standard InChI is InChI=1S/C34H43N3O6S/c1-24-11-15-27(16-12-24)22-36(26(3)34(39)35-28-9-7-6-8-10-28)33(38)23-37(29-17-20-31(42-4)32(21-29)43-5)44(40,41)30-18-13-25(2)14-19-30/h11-21,26,28H,6-10,22-23H2,1-5H3,(H,35,39)/t26-/m1/s1. The first kappa shape index (κ1) is 32.9. The molecule has 0 radical (unpaired) electrons. The number of nitrogens with one attached hydrogen (secondary N) is 1. The zero-order valence-corrected chi connectivity index (χ0v) is 27.0. The van der Waals surface area contributed by atoms with Crippen molar-refractivity contribution in [1.29, 1.82) is 0 Å². The van der Waals surface area contributed by atoms with Gasteiger partial charge in [0.05, 0.1) is 24.8 Å². The van der Waals surface area contributed by atoms with Crippen molar-refractivity contribution >= 4 is 27.5 Å². The van der Waals surface area contributed by atoms with Crippen LogP contribution in [0.4, 0.5) is 5.69 Å². The molecule has 1 aliphatic carbocycles. The molecule has 3 aromatic rings. The normalized spacial score (nSPS) is 14.4. The monoisotopic (exact) mass is 621 g/mol. The van der Waals surface area contributed by atoms with Crippen LogP contribution < -0.4 is 19.1 Å². The first-order valence-corrected chi connectivity index (χ1v) is 16.4. The van der Waals surface area contributed by atoms with Crippen molar-refractivity contribution in [2.24, 2.45) is 0 Å². The van der Waals surface area contributed by atoms with Crippen molar-refractivity contribution in [3.63, 3.8) is 0 Å². The summed E-state index contributed by atoms with van der Waals surface area (Å²) >= 11 is 0. The zero-order chi connectivity index (χ0) is 31.9. The topological polar surface area (TPSA) is 105 Å². The van der Waals surface area contributed by atoms with E-state index >= 15 is 0 Å². The predicted octanol–water partition coefficient (Wildman–Crippen LogP) is 5.38. The highest BCUT2D eigenvalue weighted by Crippen LogP contribution is 2.34. The van der Waals surface area contributed by atoms with Gasteiger partial charge < -0.3 is 19.7 Å². The molecule has 236 valence electrons. The highest BCUT2D eigenvalue weighted by atomic mass is 32.2. The van der Waals surface area contributed by atoms with E-state index in [1.807, 2.05) is 38.1 Å². The van der Waals surface area contributed by atoms with Crippen LogP contribution in [0.5, 0.6) is 11.5 Å². The molecule has 0 bridgehead atoms. The summed E-state index contributed by atoms with van der Waals surface area (Å²) in [5.74, 6) is -0.0266. The number of rotatable bonds is 12. The zero-order valence-electron chi connectivity index (χ0n) is 26.2. The van der Waals surface area contributed by atoms with Gasteiger partial charge in [-0.25, -0.2) is 8.42 Å². The highest BCUT2D eigenvalue weighted by Gasteiger charge is 2.33. The number of anilines is 1. The van der Waals surface area contributed by atoms with Gasteiger partial charge >= 0.3 is 0 Å². The number of ether oxygens (including phenoxy) is 2. The van der Waals surface area contributed by atoms with Crippen LogP contribution in [0.1, 0.15) is 55.7 Å². The summed E-state index contributed by atoms with van der Waals surface area (Å²) in [6.45, 7) is 5.15. The van der Waals surface area contributed by atoms with Gasteiger partial charge in [-0.05, 0) is 63.4 Å². The van der Waals surface area contributed by atoms with Crippen molar-refractivity contribution in [1.82, 2.24) is 10.2 Å². The Kier molecular flexibility index (Phi) is 10.9. The molecule has 1 fully saturated rings. The van der Waals surface area contributed by atoms with E-state index in [0.717, 1.165) is 53.1 Å². The Balaban J connectivity index is 1.72. The van der Waals surface area contributed by atoms with Gasteiger partial charge in [-0.15, -0.1) is 0 Å². The van der Waals surface area contributed by atoms with Gasteiger partial charge in [0.1, 0.15) is 12.6 Å². The van der Waals surface area contributed by atoms with E-state index in [1.165, 1.54) is 37.3 Å². The Morgan fingerprint density at radius 3 is 2.05 bits per heavy atom. The van der Waals surface area contributed by atoms with Gasteiger partial charge in [0.15, 0.2) is 11.5 Å². The van der Waals surface area contributed by atoms with E-state index in [2.05, 4.69) is 5.32 Å². The third kappa shape index (κ3) is 7.91. The Labute approximate surface area is 261 Å². The minimum Gasteiger partial charge on any atom is -0.493 e. The van der Waals surface area contributed by atoms with E-state index in [-0.39, 0.29) is 29.1 Å². The first-order valence-electron chi connectivity index (χ1n) is 15.0. The lowest BCUT2D eigenvalue weighted by Gasteiger charge is -2.33. The van der Waals surface area contributed by atoms with Gasteiger partial charge in [0.25, 0.3) is 10.0 Å². The first-order chi connectivity index (χ1) is 21.0. The summed E-state index contributed by atoms with van der Waals surface area (Å²) in [7, 11) is -1.25. The van der Waals surface area contributed by atoms with E-state index in [4.69, 9.17) is 9.47 Å². The second-order valence-corrected chi connectivity index (χ2v) is 13.3. The fourth-order valence-corrected chi connectivity index (χ4v) is 6.79. The van der Waals surface area contributed by atoms with Crippen molar-refractivity contribution in [3.05, 3.63) is 83.4 Å². The molecule has 1 aliphatic rings. The van der Waals surface area contributed by atoms with Crippen molar-refractivity contribution in [2.75, 3.05) is 25.1 Å². The second kappa shape index (κ2) is 14.6. The number of aryl methyl sites for hydroxylation is 2. The van der Waals surface area contributed by atoms with Crippen molar-refractivity contribution in [2.45, 2.75) is 76.4 Å². The van der Waals surface area contributed by atoms with Crippen LogP contribution in [0.15, 0.2) is 71.6 Å². The van der Waals surface area contributed by atoms with Crippen LogP contribution in [0, 0.1) is 13.8 Å². The third-order valence-corrected chi connectivity index (χ3v) is 9.92. The molecule has 2 amide bonds. The van der Waals surface area contributed by atoms with Gasteiger partial charge in [-0.3, -0.25) is 13.9 Å². The molecule has 0 unspecified atom stereocenters. The van der Waals surface area contributed by atoms with Crippen LogP contribution in [0.2, 0.25) is 0 Å². The predicted molar refractivity (Wildman–Crippen MR) is 171 cm³/mol. The summed E-state index contributed by atoms with van der Waals surface area (Å²) < 4.78 is 40.1. The smallest absolute Gasteiger partial charge is 0.264 e. The minimum absolute atomic E-state index is 0.0406. The number of amides is 2. The fraction of sp³-hybridized carbons (Fsp3) is 0.412. The summed E-state index contributed by atoms with van der Waals surface area (Å²) in [6, 6.07) is 18.1. The van der Waals surface area contributed by atoms with Gasteiger partial charge in [0.2, 0.25) is 11.8 Å². The molecule has 1 saturated carbocycles. The van der Waals surface area contributed by atoms with Gasteiger partial charge in [0, 0.05) is 18.7 Å². The molecule has 0 aliphatic heterocycles. The van der Waals surface area contributed by atoms with Crippen molar-refractivity contribution < 1.29 is 27.5 Å². The maximum Gasteiger partial charge on any atom is 0.264 e. The van der Waals surface area contributed by atoms with E-state index in [9.17, 15) is 18.0 Å². The minimum atomic E-state index is -4.20.